The monoisotopic (exact) mass is 284 g/mol. The topological polar surface area (TPSA) is 72.2 Å². The molecule has 0 heterocycles. The number of rotatable bonds is 5. The van der Waals surface area contributed by atoms with Gasteiger partial charge in [0, 0.05) is 6.04 Å². The van der Waals surface area contributed by atoms with Crippen molar-refractivity contribution in [3.05, 3.63) is 38.9 Å². The van der Waals surface area contributed by atoms with Gasteiger partial charge < -0.3 is 5.32 Å². The molecule has 0 aliphatic carbocycles. The highest BCUT2D eigenvalue weighted by atomic mass is 35.5. The molecular weight excluding hydrogens is 268 g/mol. The van der Waals surface area contributed by atoms with Crippen LogP contribution in [0.25, 0.3) is 0 Å². The molecule has 1 atom stereocenters. The summed E-state index contributed by atoms with van der Waals surface area (Å²) in [5, 5.41) is 13.7. The standard InChI is InChI=1S/C13H17ClN2O3/c1-4-11(8(2)3)15-13(17)9-6-5-7-10(14)12(9)16(18)19/h5-8,11H,4H2,1-3H3,(H,15,17). The first-order valence-electron chi connectivity index (χ1n) is 6.12. The Labute approximate surface area is 117 Å². The molecule has 5 nitrogen and oxygen atoms in total. The van der Waals surface area contributed by atoms with Crippen LogP contribution in [0.5, 0.6) is 0 Å². The number of carbonyl (C=O) groups is 1. The van der Waals surface area contributed by atoms with Crippen LogP contribution in [0, 0.1) is 16.0 Å². The van der Waals surface area contributed by atoms with Crippen LogP contribution in [-0.2, 0) is 0 Å². The molecule has 0 aromatic heterocycles. The number of amides is 1. The second kappa shape index (κ2) is 6.52. The third kappa shape index (κ3) is 3.67. The normalized spacial score (nSPS) is 12.3. The summed E-state index contributed by atoms with van der Waals surface area (Å²) >= 11 is 5.78. The molecule has 1 aromatic carbocycles. The number of para-hydroxylation sites is 1. The zero-order valence-electron chi connectivity index (χ0n) is 11.1. The minimum Gasteiger partial charge on any atom is -0.349 e. The van der Waals surface area contributed by atoms with E-state index in [-0.39, 0.29) is 28.2 Å². The van der Waals surface area contributed by atoms with Crippen molar-refractivity contribution < 1.29 is 9.72 Å². The van der Waals surface area contributed by atoms with E-state index in [2.05, 4.69) is 5.32 Å². The van der Waals surface area contributed by atoms with Gasteiger partial charge in [0.1, 0.15) is 10.6 Å². The Hall–Kier alpha value is -1.62. The van der Waals surface area contributed by atoms with Crippen molar-refractivity contribution in [1.82, 2.24) is 5.32 Å². The summed E-state index contributed by atoms with van der Waals surface area (Å²) < 4.78 is 0. The van der Waals surface area contributed by atoms with E-state index in [1.807, 2.05) is 20.8 Å². The van der Waals surface area contributed by atoms with E-state index in [4.69, 9.17) is 11.6 Å². The zero-order valence-corrected chi connectivity index (χ0v) is 11.9. The molecule has 19 heavy (non-hydrogen) atoms. The smallest absolute Gasteiger partial charge is 0.300 e. The van der Waals surface area contributed by atoms with Gasteiger partial charge in [-0.15, -0.1) is 0 Å². The highest BCUT2D eigenvalue weighted by Crippen LogP contribution is 2.28. The number of carbonyl (C=O) groups excluding carboxylic acids is 1. The number of hydrogen-bond acceptors (Lipinski definition) is 3. The van der Waals surface area contributed by atoms with Gasteiger partial charge in [-0.05, 0) is 24.5 Å². The average Bonchev–Trinajstić information content (AvgIpc) is 2.34. The van der Waals surface area contributed by atoms with Crippen LogP contribution in [0.2, 0.25) is 5.02 Å². The van der Waals surface area contributed by atoms with Crippen LogP contribution in [0.3, 0.4) is 0 Å². The van der Waals surface area contributed by atoms with Crippen LogP contribution >= 0.6 is 11.6 Å². The Bertz CT molecular complexity index is 489. The maximum Gasteiger partial charge on any atom is 0.300 e. The predicted molar refractivity (Wildman–Crippen MR) is 74.5 cm³/mol. The summed E-state index contributed by atoms with van der Waals surface area (Å²) in [5.74, 6) is -0.207. The Morgan fingerprint density at radius 2 is 2.11 bits per heavy atom. The first kappa shape index (κ1) is 15.4. The lowest BCUT2D eigenvalue weighted by Crippen LogP contribution is -2.38. The van der Waals surface area contributed by atoms with E-state index in [0.717, 1.165) is 6.42 Å². The van der Waals surface area contributed by atoms with Crippen LogP contribution in [0.4, 0.5) is 5.69 Å². The van der Waals surface area contributed by atoms with E-state index in [9.17, 15) is 14.9 Å². The number of nitro benzene ring substituents is 1. The number of benzene rings is 1. The summed E-state index contributed by atoms with van der Waals surface area (Å²) in [4.78, 5) is 22.5. The number of hydrogen-bond donors (Lipinski definition) is 1. The first-order valence-corrected chi connectivity index (χ1v) is 6.50. The fraction of sp³-hybridized carbons (Fsp3) is 0.462. The summed E-state index contributed by atoms with van der Waals surface area (Å²) in [6, 6.07) is 4.31. The maximum atomic E-state index is 12.1. The molecule has 1 N–H and O–H groups in total. The number of nitro groups is 1. The fourth-order valence-electron chi connectivity index (χ4n) is 1.87. The number of nitrogens with one attached hydrogen (secondary N) is 1. The van der Waals surface area contributed by atoms with Crippen LogP contribution < -0.4 is 5.32 Å². The largest absolute Gasteiger partial charge is 0.349 e. The van der Waals surface area contributed by atoms with Gasteiger partial charge in [-0.3, -0.25) is 14.9 Å². The number of nitrogens with zero attached hydrogens (tertiary/aromatic N) is 1. The highest BCUT2D eigenvalue weighted by molar-refractivity contribution is 6.33. The molecule has 0 spiro atoms. The minimum absolute atomic E-state index is 0.00315. The van der Waals surface area contributed by atoms with Gasteiger partial charge in [-0.25, -0.2) is 0 Å². The molecule has 0 fully saturated rings. The van der Waals surface area contributed by atoms with Crippen LogP contribution in [-0.4, -0.2) is 16.9 Å². The Kier molecular flexibility index (Phi) is 5.30. The quantitative estimate of drug-likeness (QED) is 0.665. The van der Waals surface area contributed by atoms with Gasteiger partial charge in [0.25, 0.3) is 5.91 Å². The van der Waals surface area contributed by atoms with Crippen molar-refractivity contribution in [1.29, 1.82) is 0 Å². The Morgan fingerprint density at radius 1 is 1.47 bits per heavy atom. The molecule has 1 unspecified atom stereocenters. The molecule has 1 aromatic rings. The zero-order chi connectivity index (χ0) is 14.6. The minimum atomic E-state index is -0.631. The second-order valence-corrected chi connectivity index (χ2v) is 5.03. The van der Waals surface area contributed by atoms with E-state index in [0.29, 0.717) is 0 Å². The Balaban J connectivity index is 3.07. The number of halogens is 1. The maximum absolute atomic E-state index is 12.1. The summed E-state index contributed by atoms with van der Waals surface area (Å²) in [6.07, 6.45) is 0.762. The lowest BCUT2D eigenvalue weighted by atomic mass is 10.0. The van der Waals surface area contributed by atoms with Crippen molar-refractivity contribution in [3.63, 3.8) is 0 Å². The average molecular weight is 285 g/mol. The molecule has 0 bridgehead atoms. The molecule has 0 aliphatic heterocycles. The fourth-order valence-corrected chi connectivity index (χ4v) is 2.11. The van der Waals surface area contributed by atoms with Gasteiger partial charge >= 0.3 is 5.69 Å². The predicted octanol–water partition coefficient (Wildman–Crippen LogP) is 3.41. The van der Waals surface area contributed by atoms with Crippen molar-refractivity contribution in [2.24, 2.45) is 5.92 Å². The SMILES string of the molecule is CCC(NC(=O)c1cccc(Cl)c1[N+](=O)[O-])C(C)C. The third-order valence-corrected chi connectivity index (χ3v) is 3.28. The van der Waals surface area contributed by atoms with E-state index in [1.54, 1.807) is 0 Å². The third-order valence-electron chi connectivity index (χ3n) is 2.98. The van der Waals surface area contributed by atoms with Crippen molar-refractivity contribution in [3.8, 4) is 0 Å². The van der Waals surface area contributed by atoms with Crippen LogP contribution in [0.1, 0.15) is 37.6 Å². The van der Waals surface area contributed by atoms with Crippen molar-refractivity contribution in [2.45, 2.75) is 33.2 Å². The molecule has 1 rings (SSSR count). The van der Waals surface area contributed by atoms with Crippen LogP contribution in [0.15, 0.2) is 18.2 Å². The lowest BCUT2D eigenvalue weighted by molar-refractivity contribution is -0.385. The van der Waals surface area contributed by atoms with E-state index in [1.165, 1.54) is 18.2 Å². The lowest BCUT2D eigenvalue weighted by Gasteiger charge is -2.20. The molecular formula is C13H17ClN2O3. The summed E-state index contributed by atoms with van der Waals surface area (Å²) in [6.45, 7) is 5.93. The first-order chi connectivity index (χ1) is 8.88. The molecule has 0 radical (unpaired) electrons. The highest BCUT2D eigenvalue weighted by Gasteiger charge is 2.25. The summed E-state index contributed by atoms with van der Waals surface area (Å²) in [5.41, 5.74) is -0.350. The van der Waals surface area contributed by atoms with Gasteiger partial charge in [0.2, 0.25) is 0 Å². The molecule has 1 amide bonds. The van der Waals surface area contributed by atoms with Crippen molar-refractivity contribution in [2.75, 3.05) is 0 Å². The molecule has 6 heteroatoms. The van der Waals surface area contributed by atoms with E-state index < -0.39 is 10.8 Å². The van der Waals surface area contributed by atoms with Gasteiger partial charge in [-0.2, -0.15) is 0 Å². The van der Waals surface area contributed by atoms with Gasteiger partial charge in [-0.1, -0.05) is 38.4 Å². The Morgan fingerprint density at radius 3 is 2.58 bits per heavy atom. The van der Waals surface area contributed by atoms with Gasteiger partial charge in [0.15, 0.2) is 0 Å². The second-order valence-electron chi connectivity index (χ2n) is 4.63. The molecule has 0 saturated heterocycles. The van der Waals surface area contributed by atoms with Gasteiger partial charge in [0.05, 0.1) is 4.92 Å². The summed E-state index contributed by atoms with van der Waals surface area (Å²) in [7, 11) is 0. The molecule has 0 saturated carbocycles. The van der Waals surface area contributed by atoms with E-state index >= 15 is 0 Å². The molecule has 104 valence electrons. The van der Waals surface area contributed by atoms with Crippen molar-refractivity contribution >= 4 is 23.2 Å². The molecule has 0 aliphatic rings.